The Bertz CT molecular complexity index is 1140. The van der Waals surface area contributed by atoms with E-state index in [9.17, 15) is 23.3 Å². The van der Waals surface area contributed by atoms with Gasteiger partial charge in [-0.05, 0) is 33.7 Å². The van der Waals surface area contributed by atoms with E-state index in [4.69, 9.17) is 9.47 Å². The highest BCUT2D eigenvalue weighted by Crippen LogP contribution is 2.27. The summed E-state index contributed by atoms with van der Waals surface area (Å²) in [5.41, 5.74) is 2.54. The van der Waals surface area contributed by atoms with Crippen molar-refractivity contribution in [2.75, 3.05) is 13.2 Å². The number of fused-ring (bicyclic) bond motifs is 1. The summed E-state index contributed by atoms with van der Waals surface area (Å²) >= 11 is 0. The van der Waals surface area contributed by atoms with Crippen molar-refractivity contribution in [3.63, 3.8) is 0 Å². The Morgan fingerprint density at radius 3 is 2.45 bits per heavy atom. The SMILES string of the molecule is O=[N+]([O-])c1cn2c(n1)OC[C@@H](OC/C=C/c1ccc(-c3ccc(OC(F)(F)F)cc3)cc1)C2. The van der Waals surface area contributed by atoms with Gasteiger partial charge in [0.2, 0.25) is 0 Å². The molecule has 1 aliphatic rings. The fourth-order valence-electron chi connectivity index (χ4n) is 3.27. The predicted molar refractivity (Wildman–Crippen MR) is 112 cm³/mol. The van der Waals surface area contributed by atoms with E-state index in [0.717, 1.165) is 16.7 Å². The molecule has 0 spiro atoms. The first-order chi connectivity index (χ1) is 15.8. The maximum atomic E-state index is 12.3. The lowest BCUT2D eigenvalue weighted by Crippen LogP contribution is -2.32. The van der Waals surface area contributed by atoms with E-state index >= 15 is 0 Å². The molecule has 8 nitrogen and oxygen atoms in total. The summed E-state index contributed by atoms with van der Waals surface area (Å²) in [6, 6.07) is 13.4. The van der Waals surface area contributed by atoms with E-state index in [-0.39, 0.29) is 30.3 Å². The van der Waals surface area contributed by atoms with Crippen molar-refractivity contribution in [3.05, 3.63) is 76.5 Å². The Balaban J connectivity index is 1.28. The molecule has 0 N–H and O–H groups in total. The molecule has 0 unspecified atom stereocenters. The van der Waals surface area contributed by atoms with E-state index in [1.54, 1.807) is 16.7 Å². The Labute approximate surface area is 186 Å². The van der Waals surface area contributed by atoms with Gasteiger partial charge < -0.3 is 24.3 Å². The first-order valence-electron chi connectivity index (χ1n) is 9.85. The van der Waals surface area contributed by atoms with Crippen LogP contribution in [0.3, 0.4) is 0 Å². The number of imidazole rings is 1. The monoisotopic (exact) mass is 461 g/mol. The van der Waals surface area contributed by atoms with E-state index in [1.165, 1.54) is 18.3 Å². The van der Waals surface area contributed by atoms with Crippen molar-refractivity contribution in [1.29, 1.82) is 0 Å². The topological polar surface area (TPSA) is 88.7 Å². The van der Waals surface area contributed by atoms with Crippen molar-refractivity contribution in [2.45, 2.75) is 19.0 Å². The van der Waals surface area contributed by atoms with Crippen molar-refractivity contribution in [3.8, 4) is 22.9 Å². The fraction of sp³-hybridized carbons (Fsp3) is 0.227. The first-order valence-corrected chi connectivity index (χ1v) is 9.85. The summed E-state index contributed by atoms with van der Waals surface area (Å²) in [7, 11) is 0. The Hall–Kier alpha value is -3.86. The second-order valence-corrected chi connectivity index (χ2v) is 7.15. The van der Waals surface area contributed by atoms with Crippen molar-refractivity contribution < 1.29 is 32.3 Å². The number of hydrogen-bond donors (Lipinski definition) is 0. The molecule has 1 aliphatic heterocycles. The molecular formula is C22H18F3N3O5. The van der Waals surface area contributed by atoms with Gasteiger partial charge in [-0.25, -0.2) is 0 Å². The second kappa shape index (κ2) is 9.33. The number of benzene rings is 2. The third-order valence-corrected chi connectivity index (χ3v) is 4.78. The maximum Gasteiger partial charge on any atom is 0.573 e. The molecule has 0 saturated heterocycles. The smallest absolute Gasteiger partial charge is 0.443 e. The van der Waals surface area contributed by atoms with Gasteiger partial charge in [-0.1, -0.05) is 48.6 Å². The van der Waals surface area contributed by atoms with Gasteiger partial charge in [-0.15, -0.1) is 13.2 Å². The average Bonchev–Trinajstić information content (AvgIpc) is 3.21. The molecule has 11 heteroatoms. The van der Waals surface area contributed by atoms with Gasteiger partial charge in [0.25, 0.3) is 0 Å². The Morgan fingerprint density at radius 1 is 1.15 bits per heavy atom. The van der Waals surface area contributed by atoms with Gasteiger partial charge in [-0.2, -0.15) is 0 Å². The van der Waals surface area contributed by atoms with Crippen LogP contribution in [0, 0.1) is 10.1 Å². The van der Waals surface area contributed by atoms with Crippen LogP contribution in [0.4, 0.5) is 19.0 Å². The molecule has 172 valence electrons. The average molecular weight is 461 g/mol. The number of aromatic nitrogens is 2. The van der Waals surface area contributed by atoms with Crippen molar-refractivity contribution in [2.24, 2.45) is 0 Å². The van der Waals surface area contributed by atoms with Crippen LogP contribution in [0.5, 0.6) is 11.8 Å². The zero-order valence-electron chi connectivity index (χ0n) is 17.1. The standard InChI is InChI=1S/C22H18F3N3O5/c23-22(24,25)33-18-9-7-17(8-10-18)16-5-3-15(4-6-16)2-1-11-31-19-12-27-13-20(28(29)30)26-21(27)32-14-19/h1-10,13,19H,11-12,14H2/b2-1+/t19-/m0/s1. The Kier molecular flexibility index (Phi) is 6.31. The van der Waals surface area contributed by atoms with Gasteiger partial charge in [0.05, 0.1) is 13.2 Å². The van der Waals surface area contributed by atoms with Crippen molar-refractivity contribution >= 4 is 11.9 Å². The lowest BCUT2D eigenvalue weighted by atomic mass is 10.0. The van der Waals surface area contributed by atoms with Crippen LogP contribution < -0.4 is 9.47 Å². The van der Waals surface area contributed by atoms with Gasteiger partial charge in [0.15, 0.2) is 0 Å². The van der Waals surface area contributed by atoms with Gasteiger partial charge in [-0.3, -0.25) is 4.57 Å². The number of nitro groups is 1. The molecule has 0 bridgehead atoms. The molecule has 0 aliphatic carbocycles. The van der Waals surface area contributed by atoms with Gasteiger partial charge in [0, 0.05) is 4.98 Å². The summed E-state index contributed by atoms with van der Waals surface area (Å²) in [6.07, 6.45) is 0.0549. The predicted octanol–water partition coefficient (Wildman–Crippen LogP) is 4.85. The lowest BCUT2D eigenvalue weighted by molar-refractivity contribution is -0.389. The largest absolute Gasteiger partial charge is 0.573 e. The molecule has 3 aromatic rings. The van der Waals surface area contributed by atoms with Crippen LogP contribution in [0.25, 0.3) is 17.2 Å². The minimum absolute atomic E-state index is 0.208. The molecule has 2 heterocycles. The quantitative estimate of drug-likeness (QED) is 0.369. The molecule has 0 fully saturated rings. The number of ether oxygens (including phenoxy) is 3. The van der Waals surface area contributed by atoms with Crippen LogP contribution in [0.2, 0.25) is 0 Å². The molecule has 2 aromatic carbocycles. The van der Waals surface area contributed by atoms with Gasteiger partial charge in [0.1, 0.15) is 24.7 Å². The molecule has 0 saturated carbocycles. The van der Waals surface area contributed by atoms with Crippen molar-refractivity contribution in [1.82, 2.24) is 9.55 Å². The van der Waals surface area contributed by atoms with E-state index in [1.807, 2.05) is 36.4 Å². The molecule has 4 rings (SSSR count). The zero-order valence-corrected chi connectivity index (χ0v) is 17.1. The molecule has 33 heavy (non-hydrogen) atoms. The molecule has 0 amide bonds. The summed E-state index contributed by atoms with van der Waals surface area (Å²) in [4.78, 5) is 14.0. The third kappa shape index (κ3) is 5.89. The van der Waals surface area contributed by atoms with Crippen LogP contribution in [0.15, 0.2) is 60.8 Å². The molecule has 0 radical (unpaired) electrons. The minimum Gasteiger partial charge on any atom is -0.443 e. The number of halogens is 3. The summed E-state index contributed by atoms with van der Waals surface area (Å²) in [5, 5.41) is 10.8. The van der Waals surface area contributed by atoms with Crippen LogP contribution in [0.1, 0.15) is 5.56 Å². The van der Waals surface area contributed by atoms with Crippen LogP contribution in [-0.2, 0) is 11.3 Å². The number of nitrogens with zero attached hydrogens (tertiary/aromatic N) is 3. The van der Waals surface area contributed by atoms with E-state index < -0.39 is 11.3 Å². The summed E-state index contributed by atoms with van der Waals surface area (Å²) < 4.78 is 53.4. The summed E-state index contributed by atoms with van der Waals surface area (Å²) in [5.74, 6) is -0.531. The maximum absolute atomic E-state index is 12.3. The van der Waals surface area contributed by atoms with Crippen LogP contribution in [-0.4, -0.2) is 40.2 Å². The van der Waals surface area contributed by atoms with Gasteiger partial charge >= 0.3 is 18.2 Å². The lowest BCUT2D eigenvalue weighted by Gasteiger charge is -2.21. The highest BCUT2D eigenvalue weighted by atomic mass is 19.4. The number of hydrogen-bond acceptors (Lipinski definition) is 6. The zero-order chi connectivity index (χ0) is 23.4. The van der Waals surface area contributed by atoms with Crippen LogP contribution >= 0.6 is 0 Å². The highest BCUT2D eigenvalue weighted by molar-refractivity contribution is 5.66. The second-order valence-electron chi connectivity index (χ2n) is 7.15. The van der Waals surface area contributed by atoms with E-state index in [0.29, 0.717) is 13.2 Å². The number of rotatable bonds is 7. The third-order valence-electron chi connectivity index (χ3n) is 4.78. The first kappa shape index (κ1) is 22.3. The normalized spacial score (nSPS) is 15.8. The highest BCUT2D eigenvalue weighted by Gasteiger charge is 2.31. The van der Waals surface area contributed by atoms with E-state index in [2.05, 4.69) is 9.72 Å². The fourth-order valence-corrected chi connectivity index (χ4v) is 3.27. The minimum atomic E-state index is -4.72. The number of alkyl halides is 3. The summed E-state index contributed by atoms with van der Waals surface area (Å²) in [6.45, 7) is 0.984. The molecule has 1 atom stereocenters. The Morgan fingerprint density at radius 2 is 1.82 bits per heavy atom. The molecule has 1 aromatic heterocycles. The molecular weight excluding hydrogens is 443 g/mol.